The number of ketones is 1. The lowest BCUT2D eigenvalue weighted by Crippen LogP contribution is -2.46. The molecule has 6 rings (SSSR count). The third kappa shape index (κ3) is 3.81. The Bertz CT molecular complexity index is 1490. The van der Waals surface area contributed by atoms with Gasteiger partial charge >= 0.3 is 0 Å². The zero-order valence-corrected chi connectivity index (χ0v) is 21.1. The van der Waals surface area contributed by atoms with Gasteiger partial charge in [-0.2, -0.15) is 10.2 Å². The molecule has 7 heteroatoms. The number of para-hydroxylation sites is 1. The highest BCUT2D eigenvalue weighted by Crippen LogP contribution is 2.51. The fourth-order valence-corrected chi connectivity index (χ4v) is 6.61. The highest BCUT2D eigenvalue weighted by atomic mass is 19.1. The largest absolute Gasteiger partial charge is 0.474 e. The molecule has 3 aromatic rings. The van der Waals surface area contributed by atoms with Crippen LogP contribution in [0, 0.1) is 23.2 Å². The van der Waals surface area contributed by atoms with Gasteiger partial charge in [0, 0.05) is 27.8 Å². The van der Waals surface area contributed by atoms with E-state index in [1.54, 1.807) is 6.07 Å². The number of ether oxygens (including phenoxy) is 1. The number of nitriles is 1. The molecule has 0 aliphatic heterocycles. The molecule has 1 saturated carbocycles. The number of allylic oxidation sites excluding steroid dienone is 2. The number of hydrogen-bond donors (Lipinski definition) is 0. The summed E-state index contributed by atoms with van der Waals surface area (Å²) in [6, 6.07) is 11.4. The third-order valence-corrected chi connectivity index (χ3v) is 8.53. The Morgan fingerprint density at radius 3 is 2.70 bits per heavy atom. The van der Waals surface area contributed by atoms with E-state index in [0.29, 0.717) is 34.9 Å². The molecule has 0 saturated heterocycles. The molecule has 1 fully saturated rings. The minimum absolute atomic E-state index is 0.0160. The van der Waals surface area contributed by atoms with Crippen LogP contribution < -0.4 is 4.74 Å². The quantitative estimate of drug-likeness (QED) is 0.442. The molecule has 1 aromatic carbocycles. The molecular formula is C30H29FN4O2. The summed E-state index contributed by atoms with van der Waals surface area (Å²) in [5.74, 6) is 0.666. The highest BCUT2D eigenvalue weighted by Gasteiger charge is 2.50. The second kappa shape index (κ2) is 9.02. The zero-order valence-electron chi connectivity index (χ0n) is 21.1. The molecule has 0 unspecified atom stereocenters. The van der Waals surface area contributed by atoms with E-state index in [4.69, 9.17) is 14.7 Å². The normalized spacial score (nSPS) is 25.4. The fraction of sp³-hybridized carbons (Fsp3) is 0.433. The number of aromatic nitrogens is 3. The molecule has 3 aliphatic rings. The predicted molar refractivity (Wildman–Crippen MR) is 137 cm³/mol. The van der Waals surface area contributed by atoms with Crippen LogP contribution in [0.2, 0.25) is 0 Å². The van der Waals surface area contributed by atoms with E-state index in [1.807, 2.05) is 37.3 Å². The van der Waals surface area contributed by atoms with E-state index in [9.17, 15) is 14.4 Å². The topological polar surface area (TPSA) is 88.8 Å². The van der Waals surface area contributed by atoms with Crippen molar-refractivity contribution in [1.29, 1.82) is 5.26 Å². The van der Waals surface area contributed by atoms with Crippen LogP contribution in [0.15, 0.2) is 42.0 Å². The second-order valence-electron chi connectivity index (χ2n) is 10.8. The van der Waals surface area contributed by atoms with E-state index < -0.39 is 12.1 Å². The molecule has 37 heavy (non-hydrogen) atoms. The first-order chi connectivity index (χ1) is 17.9. The van der Waals surface area contributed by atoms with Gasteiger partial charge in [0.15, 0.2) is 11.6 Å². The van der Waals surface area contributed by atoms with Gasteiger partial charge in [0.1, 0.15) is 18.8 Å². The summed E-state index contributed by atoms with van der Waals surface area (Å²) in [7, 11) is 0. The van der Waals surface area contributed by atoms with Crippen LogP contribution in [-0.4, -0.2) is 26.8 Å². The number of carbonyl (C=O) groups excluding carboxylic acids is 1. The number of hydrogen-bond acceptors (Lipinski definition) is 6. The number of carbonyl (C=O) groups is 1. The van der Waals surface area contributed by atoms with E-state index in [2.05, 4.69) is 18.0 Å². The Kier molecular flexibility index (Phi) is 5.78. The van der Waals surface area contributed by atoms with Gasteiger partial charge in [-0.1, -0.05) is 38.1 Å². The van der Waals surface area contributed by atoms with Crippen LogP contribution in [-0.2, 0) is 23.3 Å². The molecule has 188 valence electrons. The van der Waals surface area contributed by atoms with Crippen LogP contribution in [0.4, 0.5) is 4.39 Å². The predicted octanol–water partition coefficient (Wildman–Crippen LogP) is 5.97. The minimum atomic E-state index is -0.693. The molecule has 3 atom stereocenters. The number of fused-ring (bicyclic) bond motifs is 4. The molecule has 2 heterocycles. The van der Waals surface area contributed by atoms with Crippen LogP contribution in [0.1, 0.15) is 62.9 Å². The minimum Gasteiger partial charge on any atom is -0.474 e. The number of Topliss-reactive ketones (excluding diaryl/α,β-unsaturated/α-hetero) is 1. The average Bonchev–Trinajstić information content (AvgIpc) is 3.43. The van der Waals surface area contributed by atoms with Crippen LogP contribution >= 0.6 is 0 Å². The van der Waals surface area contributed by atoms with Crippen molar-refractivity contribution in [2.75, 3.05) is 0 Å². The van der Waals surface area contributed by atoms with E-state index in [-0.39, 0.29) is 29.3 Å². The summed E-state index contributed by atoms with van der Waals surface area (Å²) in [6.07, 6.45) is 7.65. The number of nitrogens with zero attached hydrogens (tertiary/aromatic N) is 4. The third-order valence-electron chi connectivity index (χ3n) is 8.53. The van der Waals surface area contributed by atoms with Crippen molar-refractivity contribution in [3.63, 3.8) is 0 Å². The average molecular weight is 497 g/mol. The maximum atomic E-state index is 13.8. The van der Waals surface area contributed by atoms with Crippen LogP contribution in [0.25, 0.3) is 22.3 Å². The first-order valence-electron chi connectivity index (χ1n) is 13.1. The summed E-state index contributed by atoms with van der Waals surface area (Å²) in [5.41, 5.74) is 3.02. The van der Waals surface area contributed by atoms with Crippen molar-refractivity contribution < 1.29 is 13.9 Å². The number of benzene rings is 1. The first-order valence-corrected chi connectivity index (χ1v) is 13.1. The molecular weight excluding hydrogens is 467 g/mol. The van der Waals surface area contributed by atoms with E-state index in [0.717, 1.165) is 48.7 Å². The molecule has 2 aromatic heterocycles. The van der Waals surface area contributed by atoms with Crippen LogP contribution in [0.5, 0.6) is 5.88 Å². The van der Waals surface area contributed by atoms with Crippen molar-refractivity contribution in [3.05, 3.63) is 58.9 Å². The first kappa shape index (κ1) is 23.7. The summed E-state index contributed by atoms with van der Waals surface area (Å²) in [6.45, 7) is 3.30. The molecule has 0 N–H and O–H groups in total. The van der Waals surface area contributed by atoms with Gasteiger partial charge in [-0.15, -0.1) is 0 Å². The van der Waals surface area contributed by atoms with Crippen molar-refractivity contribution in [2.24, 2.45) is 11.8 Å². The molecule has 3 aliphatic carbocycles. The lowest BCUT2D eigenvalue weighted by Gasteiger charge is -2.45. The van der Waals surface area contributed by atoms with Crippen LogP contribution in [0.3, 0.4) is 0 Å². The molecule has 6 nitrogen and oxygen atoms in total. The Balaban J connectivity index is 1.61. The van der Waals surface area contributed by atoms with Gasteiger partial charge in [-0.05, 0) is 56.6 Å². The second-order valence-corrected chi connectivity index (χ2v) is 10.8. The molecule has 0 bridgehead atoms. The number of halogens is 1. The summed E-state index contributed by atoms with van der Waals surface area (Å²) >= 11 is 0. The van der Waals surface area contributed by atoms with E-state index >= 15 is 0 Å². The maximum absolute atomic E-state index is 13.8. The summed E-state index contributed by atoms with van der Waals surface area (Å²) < 4.78 is 20.4. The molecule has 0 radical (unpaired) electrons. The van der Waals surface area contributed by atoms with Crippen molar-refractivity contribution in [3.8, 4) is 23.3 Å². The Morgan fingerprint density at radius 2 is 1.95 bits per heavy atom. The Labute approximate surface area is 215 Å². The zero-order chi connectivity index (χ0) is 25.7. The van der Waals surface area contributed by atoms with Gasteiger partial charge in [0.05, 0.1) is 22.5 Å². The molecule has 0 spiro atoms. The van der Waals surface area contributed by atoms with Crippen molar-refractivity contribution >= 4 is 16.7 Å². The fourth-order valence-electron chi connectivity index (χ4n) is 6.61. The summed E-state index contributed by atoms with van der Waals surface area (Å²) in [5, 5.41) is 10.6. The Hall–Kier alpha value is -3.66. The lowest BCUT2D eigenvalue weighted by molar-refractivity contribution is -0.121. The van der Waals surface area contributed by atoms with Gasteiger partial charge < -0.3 is 4.74 Å². The standard InChI is InChI=1S/C30H29FN4O2/c1-17-24-12-11-22-27(30(24,2)14-18(16-32)26(17)36)34-28(35-29(22)37-20-7-3-4-8-20)23-13-19(15-31)33-25-10-6-5-9-21(23)25/h5-6,9-10,13-14,17,20,24H,3-4,7-8,11-12,15H2,1-2H3/t17-,24-,30-/m1/s1. The van der Waals surface area contributed by atoms with Crippen molar-refractivity contribution in [1.82, 2.24) is 15.0 Å². The van der Waals surface area contributed by atoms with Gasteiger partial charge in [-0.3, -0.25) is 4.79 Å². The van der Waals surface area contributed by atoms with Gasteiger partial charge in [-0.25, -0.2) is 14.4 Å². The van der Waals surface area contributed by atoms with Crippen molar-refractivity contribution in [2.45, 2.75) is 70.6 Å². The summed E-state index contributed by atoms with van der Waals surface area (Å²) in [4.78, 5) is 27.4. The monoisotopic (exact) mass is 496 g/mol. The highest BCUT2D eigenvalue weighted by molar-refractivity contribution is 6.02. The number of pyridine rings is 1. The SMILES string of the molecule is C[C@H]1C(=O)C(C#N)=C[C@@]2(C)c3nc(-c4cc(CF)nc5ccccc45)nc(OC4CCCC4)c3CC[C@H]12. The number of rotatable bonds is 4. The lowest BCUT2D eigenvalue weighted by atomic mass is 9.58. The smallest absolute Gasteiger partial charge is 0.220 e. The molecule has 0 amide bonds. The van der Waals surface area contributed by atoms with E-state index in [1.165, 1.54) is 0 Å². The van der Waals surface area contributed by atoms with Gasteiger partial charge in [0.2, 0.25) is 5.88 Å². The maximum Gasteiger partial charge on any atom is 0.220 e. The number of alkyl halides is 1. The van der Waals surface area contributed by atoms with Gasteiger partial charge in [0.25, 0.3) is 0 Å². The Morgan fingerprint density at radius 1 is 1.16 bits per heavy atom.